The number of hydrogen-bond donors (Lipinski definition) is 1. The summed E-state index contributed by atoms with van der Waals surface area (Å²) in [5.74, 6) is 0. The zero-order valence-electron chi connectivity index (χ0n) is 10.8. The van der Waals surface area contributed by atoms with E-state index in [1.54, 1.807) is 0 Å². The first-order valence-electron chi connectivity index (χ1n) is 7.05. The Morgan fingerprint density at radius 1 is 1.00 bits per heavy atom. The first kappa shape index (κ1) is 13.3. The number of aliphatic hydroxyl groups is 1. The van der Waals surface area contributed by atoms with Crippen molar-refractivity contribution < 1.29 is 9.84 Å². The van der Waals surface area contributed by atoms with Gasteiger partial charge in [-0.15, -0.1) is 0 Å². The smallest absolute Gasteiger partial charge is 0.0698 e. The van der Waals surface area contributed by atoms with Crippen LogP contribution in [0, 0.1) is 0 Å². The van der Waals surface area contributed by atoms with Gasteiger partial charge in [-0.2, -0.15) is 0 Å². The minimum Gasteiger partial charge on any atom is -0.394 e. The Balaban J connectivity index is 1.57. The van der Waals surface area contributed by atoms with Crippen LogP contribution in [-0.4, -0.2) is 73.5 Å². The topological polar surface area (TPSA) is 35.9 Å². The van der Waals surface area contributed by atoms with E-state index in [0.717, 1.165) is 19.2 Å². The SMILES string of the molecule is OCCOCCN1CCN(C2CCCC2)CC1. The Labute approximate surface area is 105 Å². The fraction of sp³-hybridized carbons (Fsp3) is 1.00. The monoisotopic (exact) mass is 242 g/mol. The van der Waals surface area contributed by atoms with Crippen molar-refractivity contribution >= 4 is 0 Å². The Hall–Kier alpha value is -0.160. The van der Waals surface area contributed by atoms with Crippen LogP contribution in [0.15, 0.2) is 0 Å². The minimum absolute atomic E-state index is 0.134. The first-order valence-corrected chi connectivity index (χ1v) is 7.05. The summed E-state index contributed by atoms with van der Waals surface area (Å²) in [6, 6.07) is 0.878. The van der Waals surface area contributed by atoms with Crippen molar-refractivity contribution in [2.45, 2.75) is 31.7 Å². The van der Waals surface area contributed by atoms with Gasteiger partial charge in [-0.05, 0) is 12.8 Å². The molecule has 2 fully saturated rings. The van der Waals surface area contributed by atoms with Gasteiger partial charge in [0.1, 0.15) is 0 Å². The lowest BCUT2D eigenvalue weighted by Gasteiger charge is -2.38. The molecular weight excluding hydrogens is 216 g/mol. The Morgan fingerprint density at radius 2 is 1.71 bits per heavy atom. The maximum Gasteiger partial charge on any atom is 0.0698 e. The summed E-state index contributed by atoms with van der Waals surface area (Å²) in [4.78, 5) is 5.15. The van der Waals surface area contributed by atoms with Crippen molar-refractivity contribution in [3.63, 3.8) is 0 Å². The fourth-order valence-electron chi connectivity index (χ4n) is 2.98. The second-order valence-electron chi connectivity index (χ2n) is 5.15. The summed E-state index contributed by atoms with van der Waals surface area (Å²) >= 11 is 0. The predicted octanol–water partition coefficient (Wildman–Crippen LogP) is 0.556. The fourth-order valence-corrected chi connectivity index (χ4v) is 2.98. The Morgan fingerprint density at radius 3 is 2.35 bits per heavy atom. The van der Waals surface area contributed by atoms with Gasteiger partial charge in [0.15, 0.2) is 0 Å². The maximum atomic E-state index is 8.61. The molecule has 100 valence electrons. The molecule has 0 aromatic rings. The molecule has 4 heteroatoms. The summed E-state index contributed by atoms with van der Waals surface area (Å²) < 4.78 is 5.31. The van der Waals surface area contributed by atoms with Crippen LogP contribution in [0.5, 0.6) is 0 Å². The second kappa shape index (κ2) is 7.31. The van der Waals surface area contributed by atoms with E-state index < -0.39 is 0 Å². The molecule has 0 radical (unpaired) electrons. The molecule has 1 N–H and O–H groups in total. The van der Waals surface area contributed by atoms with Gasteiger partial charge in [-0.1, -0.05) is 12.8 Å². The molecule has 17 heavy (non-hydrogen) atoms. The van der Waals surface area contributed by atoms with E-state index in [1.165, 1.54) is 51.9 Å². The van der Waals surface area contributed by atoms with Crippen LogP contribution >= 0.6 is 0 Å². The molecule has 0 atom stereocenters. The molecule has 1 saturated carbocycles. The quantitative estimate of drug-likeness (QED) is 0.690. The minimum atomic E-state index is 0.134. The van der Waals surface area contributed by atoms with Crippen LogP contribution in [0.2, 0.25) is 0 Å². The molecule has 1 saturated heterocycles. The van der Waals surface area contributed by atoms with Crippen molar-refractivity contribution in [1.82, 2.24) is 9.80 Å². The molecule has 0 aromatic heterocycles. The third-order valence-corrected chi connectivity index (χ3v) is 4.04. The largest absolute Gasteiger partial charge is 0.394 e. The molecule has 2 rings (SSSR count). The molecular formula is C13H26N2O2. The molecule has 1 heterocycles. The standard InChI is InChI=1S/C13H26N2O2/c16-10-12-17-11-9-14-5-7-15(8-6-14)13-3-1-2-4-13/h13,16H,1-12H2. The molecule has 0 bridgehead atoms. The summed E-state index contributed by atoms with van der Waals surface area (Å²) in [6.07, 6.45) is 5.69. The third-order valence-electron chi connectivity index (χ3n) is 4.04. The van der Waals surface area contributed by atoms with E-state index >= 15 is 0 Å². The van der Waals surface area contributed by atoms with Gasteiger partial charge >= 0.3 is 0 Å². The van der Waals surface area contributed by atoms with E-state index in [-0.39, 0.29) is 6.61 Å². The van der Waals surface area contributed by atoms with Gasteiger partial charge in [0.25, 0.3) is 0 Å². The summed E-state index contributed by atoms with van der Waals surface area (Å²) in [5, 5.41) is 8.61. The van der Waals surface area contributed by atoms with Crippen LogP contribution in [0.3, 0.4) is 0 Å². The van der Waals surface area contributed by atoms with Gasteiger partial charge in [-0.25, -0.2) is 0 Å². The van der Waals surface area contributed by atoms with Crippen LogP contribution in [0.4, 0.5) is 0 Å². The number of ether oxygens (including phenoxy) is 1. The van der Waals surface area contributed by atoms with Crippen molar-refractivity contribution in [2.24, 2.45) is 0 Å². The van der Waals surface area contributed by atoms with Gasteiger partial charge < -0.3 is 9.84 Å². The second-order valence-corrected chi connectivity index (χ2v) is 5.15. The lowest BCUT2D eigenvalue weighted by molar-refractivity contribution is 0.0491. The number of hydrogen-bond acceptors (Lipinski definition) is 4. The number of rotatable bonds is 6. The van der Waals surface area contributed by atoms with Gasteiger partial charge in [0.2, 0.25) is 0 Å². The summed E-state index contributed by atoms with van der Waals surface area (Å²) in [5.41, 5.74) is 0. The Kier molecular flexibility index (Phi) is 5.71. The molecule has 2 aliphatic rings. The van der Waals surface area contributed by atoms with Crippen LogP contribution in [0.25, 0.3) is 0 Å². The van der Waals surface area contributed by atoms with Gasteiger partial charge in [0.05, 0.1) is 19.8 Å². The molecule has 0 amide bonds. The van der Waals surface area contributed by atoms with Gasteiger partial charge in [-0.3, -0.25) is 9.80 Å². The number of aliphatic hydroxyl groups excluding tert-OH is 1. The van der Waals surface area contributed by atoms with E-state index in [4.69, 9.17) is 9.84 Å². The van der Waals surface area contributed by atoms with E-state index in [9.17, 15) is 0 Å². The highest BCUT2D eigenvalue weighted by atomic mass is 16.5. The van der Waals surface area contributed by atoms with E-state index in [0.29, 0.717) is 6.61 Å². The summed E-state index contributed by atoms with van der Waals surface area (Å²) in [7, 11) is 0. The molecule has 4 nitrogen and oxygen atoms in total. The Bertz CT molecular complexity index is 200. The van der Waals surface area contributed by atoms with Crippen molar-refractivity contribution in [2.75, 3.05) is 52.5 Å². The van der Waals surface area contributed by atoms with Crippen LogP contribution in [-0.2, 0) is 4.74 Å². The lowest BCUT2D eigenvalue weighted by Crippen LogP contribution is -2.50. The predicted molar refractivity (Wildman–Crippen MR) is 68.2 cm³/mol. The first-order chi connectivity index (χ1) is 8.40. The number of piperazine rings is 1. The highest BCUT2D eigenvalue weighted by Crippen LogP contribution is 2.24. The normalized spacial score (nSPS) is 24.5. The van der Waals surface area contributed by atoms with E-state index in [2.05, 4.69) is 9.80 Å². The maximum absolute atomic E-state index is 8.61. The molecule has 0 unspecified atom stereocenters. The summed E-state index contributed by atoms with van der Waals surface area (Å²) in [6.45, 7) is 7.19. The van der Waals surface area contributed by atoms with Crippen LogP contribution in [0.1, 0.15) is 25.7 Å². The average Bonchev–Trinajstić information content (AvgIpc) is 2.89. The van der Waals surface area contributed by atoms with E-state index in [1.807, 2.05) is 0 Å². The molecule has 0 aromatic carbocycles. The average molecular weight is 242 g/mol. The van der Waals surface area contributed by atoms with Crippen molar-refractivity contribution in [3.05, 3.63) is 0 Å². The molecule has 1 aliphatic carbocycles. The lowest BCUT2D eigenvalue weighted by atomic mass is 10.2. The highest BCUT2D eigenvalue weighted by Gasteiger charge is 2.25. The van der Waals surface area contributed by atoms with Crippen molar-refractivity contribution in [1.29, 1.82) is 0 Å². The molecule has 0 spiro atoms. The van der Waals surface area contributed by atoms with Crippen molar-refractivity contribution in [3.8, 4) is 0 Å². The zero-order chi connectivity index (χ0) is 11.9. The zero-order valence-corrected chi connectivity index (χ0v) is 10.8. The third kappa shape index (κ3) is 4.21. The van der Waals surface area contributed by atoms with Gasteiger partial charge in [0, 0.05) is 38.8 Å². The number of nitrogens with zero attached hydrogens (tertiary/aromatic N) is 2. The highest BCUT2D eigenvalue weighted by molar-refractivity contribution is 4.81. The molecule has 1 aliphatic heterocycles. The van der Waals surface area contributed by atoms with Crippen LogP contribution < -0.4 is 0 Å².